The van der Waals surface area contributed by atoms with E-state index in [0.29, 0.717) is 11.9 Å². The van der Waals surface area contributed by atoms with Crippen LogP contribution in [0.4, 0.5) is 23.1 Å². The van der Waals surface area contributed by atoms with Crippen molar-refractivity contribution in [2.75, 3.05) is 41.7 Å². The van der Waals surface area contributed by atoms with E-state index in [1.807, 2.05) is 11.4 Å². The Hall–Kier alpha value is -3.17. The number of anilines is 4. The molecule has 3 aromatic rings. The van der Waals surface area contributed by atoms with E-state index in [1.54, 1.807) is 11.3 Å². The van der Waals surface area contributed by atoms with E-state index in [2.05, 4.69) is 56.9 Å². The largest absolute Gasteiger partial charge is 0.369 e. The molecule has 2 aromatic heterocycles. The second-order valence-electron chi connectivity index (χ2n) is 13.1. The van der Waals surface area contributed by atoms with E-state index in [1.165, 1.54) is 57.3 Å². The number of fused-ring (bicyclic) bond motifs is 5. The summed E-state index contributed by atoms with van der Waals surface area (Å²) in [5.41, 5.74) is 8.96. The molecule has 8 nitrogen and oxygen atoms in total. The van der Waals surface area contributed by atoms with Gasteiger partial charge in [-0.1, -0.05) is 25.0 Å². The molecule has 4 aliphatic carbocycles. The topological polar surface area (TPSA) is 99.4 Å². The standard InChI is InChI=1S/C33H41N7OS/c34-31(41)27-22-7-8-23(19-22)28(27)37-32-30-26(13-18-42-30)36-33(38-32)35-24-9-11-25(12-10-24)39-14-16-40(17-15-39)29-20-3-1-4-21(29)6-2-5-20/h7-13,18,20-23,27-29H,1-6,14-17,19H2,(H2,34,41)(H2,35,36,37,38)/t20?,21?,22-,23?,27?,28?,29?/m0/s1. The number of hydrogen-bond donors (Lipinski definition) is 3. The van der Waals surface area contributed by atoms with Gasteiger partial charge in [-0.3, -0.25) is 9.69 Å². The van der Waals surface area contributed by atoms with Crippen LogP contribution in [0.3, 0.4) is 0 Å². The molecule has 1 aromatic carbocycles. The molecule has 220 valence electrons. The lowest BCUT2D eigenvalue weighted by molar-refractivity contribution is -0.122. The number of rotatable bonds is 7. The van der Waals surface area contributed by atoms with Crippen molar-refractivity contribution in [2.24, 2.45) is 35.3 Å². The van der Waals surface area contributed by atoms with Gasteiger partial charge in [-0.25, -0.2) is 4.98 Å². The van der Waals surface area contributed by atoms with E-state index < -0.39 is 0 Å². The molecule has 1 amide bonds. The molecule has 4 N–H and O–H groups in total. The van der Waals surface area contributed by atoms with Crippen molar-refractivity contribution >= 4 is 50.6 Å². The monoisotopic (exact) mass is 583 g/mol. The zero-order chi connectivity index (χ0) is 28.2. The van der Waals surface area contributed by atoms with Crippen LogP contribution in [0.2, 0.25) is 0 Å². The SMILES string of the molecule is NC(=O)C1C(Nc2nc(Nc3ccc(N4CCN(C5C6CCCC5CCC6)CC4)cc3)nc3ccsc23)C2C=C[C@H]1C2. The number of allylic oxidation sites excluding steroid dienone is 1. The zero-order valence-electron chi connectivity index (χ0n) is 24.1. The van der Waals surface area contributed by atoms with Gasteiger partial charge >= 0.3 is 0 Å². The summed E-state index contributed by atoms with van der Waals surface area (Å²) in [5, 5.41) is 9.08. The number of carbonyl (C=O) groups excluding carboxylic acids is 1. The van der Waals surface area contributed by atoms with Gasteiger partial charge in [0.05, 0.1) is 16.1 Å². The fourth-order valence-corrected chi connectivity index (χ4v) is 9.77. The molecule has 42 heavy (non-hydrogen) atoms. The maximum absolute atomic E-state index is 12.3. The molecular weight excluding hydrogens is 542 g/mol. The van der Waals surface area contributed by atoms with Gasteiger partial charge in [0.2, 0.25) is 11.9 Å². The van der Waals surface area contributed by atoms with Crippen LogP contribution in [0.5, 0.6) is 0 Å². The number of benzene rings is 1. The molecule has 0 spiro atoms. The van der Waals surface area contributed by atoms with Crippen LogP contribution in [0.25, 0.3) is 10.2 Å². The van der Waals surface area contributed by atoms with Gasteiger partial charge in [0.25, 0.3) is 0 Å². The van der Waals surface area contributed by atoms with E-state index in [-0.39, 0.29) is 23.8 Å². The minimum Gasteiger partial charge on any atom is -0.369 e. The minimum atomic E-state index is -0.239. The van der Waals surface area contributed by atoms with Crippen molar-refractivity contribution in [3.63, 3.8) is 0 Å². The maximum Gasteiger partial charge on any atom is 0.229 e. The molecule has 9 heteroatoms. The predicted molar refractivity (Wildman–Crippen MR) is 170 cm³/mol. The number of amides is 1. The summed E-state index contributed by atoms with van der Waals surface area (Å²) < 4.78 is 1.00. The average Bonchev–Trinajstić information content (AvgIpc) is 3.74. The molecule has 3 unspecified atom stereocenters. The van der Waals surface area contributed by atoms with Crippen molar-refractivity contribution in [3.8, 4) is 0 Å². The van der Waals surface area contributed by atoms with Crippen molar-refractivity contribution in [1.29, 1.82) is 0 Å². The number of primary amides is 1. The Bertz CT molecular complexity index is 1460. The van der Waals surface area contributed by atoms with Crippen molar-refractivity contribution in [1.82, 2.24) is 14.9 Å². The van der Waals surface area contributed by atoms with Gasteiger partial charge in [-0.15, -0.1) is 11.3 Å². The van der Waals surface area contributed by atoms with Crippen LogP contribution < -0.4 is 21.3 Å². The van der Waals surface area contributed by atoms with Gasteiger partial charge in [0, 0.05) is 49.6 Å². The van der Waals surface area contributed by atoms with Gasteiger partial charge in [0.1, 0.15) is 5.82 Å². The number of carbonyl (C=O) groups is 1. The first kappa shape index (κ1) is 26.5. The Morgan fingerprint density at radius 1 is 0.905 bits per heavy atom. The maximum atomic E-state index is 12.3. The van der Waals surface area contributed by atoms with Crippen molar-refractivity contribution in [3.05, 3.63) is 47.9 Å². The second-order valence-corrected chi connectivity index (χ2v) is 14.1. The fraction of sp³-hybridized carbons (Fsp3) is 0.545. The summed E-state index contributed by atoms with van der Waals surface area (Å²) >= 11 is 1.61. The van der Waals surface area contributed by atoms with Crippen LogP contribution in [-0.4, -0.2) is 59.0 Å². The van der Waals surface area contributed by atoms with Crippen molar-refractivity contribution < 1.29 is 4.79 Å². The summed E-state index contributed by atoms with van der Waals surface area (Å²) in [6.07, 6.45) is 14.0. The lowest BCUT2D eigenvalue weighted by Crippen LogP contribution is -2.56. The number of nitrogens with two attached hydrogens (primary N) is 1. The molecule has 0 radical (unpaired) electrons. The summed E-state index contributed by atoms with van der Waals surface area (Å²) in [6, 6.07) is 11.5. The second kappa shape index (κ2) is 10.8. The number of nitrogens with one attached hydrogen (secondary N) is 2. The molecule has 4 fully saturated rings. The summed E-state index contributed by atoms with van der Waals surface area (Å²) in [6.45, 7) is 4.55. The number of hydrogen-bond acceptors (Lipinski definition) is 8. The van der Waals surface area contributed by atoms with Gasteiger partial charge in [-0.05, 0) is 91.5 Å². The lowest BCUT2D eigenvalue weighted by Gasteiger charge is -2.50. The Balaban J connectivity index is 0.942. The number of aromatic nitrogens is 2. The Morgan fingerprint density at radius 3 is 2.33 bits per heavy atom. The minimum absolute atomic E-state index is 0.0389. The molecule has 1 aliphatic heterocycles. The third kappa shape index (κ3) is 4.74. The smallest absolute Gasteiger partial charge is 0.229 e. The van der Waals surface area contributed by atoms with E-state index in [0.717, 1.165) is 59.1 Å². The van der Waals surface area contributed by atoms with Crippen molar-refractivity contribution in [2.45, 2.75) is 57.0 Å². The van der Waals surface area contributed by atoms with Gasteiger partial charge in [-0.2, -0.15) is 4.98 Å². The van der Waals surface area contributed by atoms with Gasteiger partial charge in [0.15, 0.2) is 0 Å². The first-order valence-electron chi connectivity index (χ1n) is 16.0. The van der Waals surface area contributed by atoms with E-state index in [4.69, 9.17) is 15.7 Å². The highest BCUT2D eigenvalue weighted by Gasteiger charge is 2.48. The normalized spacial score (nSPS) is 32.4. The Labute approximate surface area is 251 Å². The molecule has 4 atom stereocenters. The van der Waals surface area contributed by atoms with E-state index in [9.17, 15) is 4.79 Å². The molecule has 3 saturated carbocycles. The Kier molecular flexibility index (Phi) is 6.82. The number of piperazine rings is 1. The fourth-order valence-electron chi connectivity index (χ4n) is 8.98. The first-order valence-corrected chi connectivity index (χ1v) is 16.8. The quantitative estimate of drug-likeness (QED) is 0.311. The Morgan fingerprint density at radius 2 is 1.62 bits per heavy atom. The van der Waals surface area contributed by atoms with E-state index >= 15 is 0 Å². The van der Waals surface area contributed by atoms with Crippen LogP contribution in [0.1, 0.15) is 44.9 Å². The molecule has 5 aliphatic rings. The summed E-state index contributed by atoms with van der Waals surface area (Å²) in [5.74, 6) is 3.27. The zero-order valence-corrected chi connectivity index (χ0v) is 24.9. The van der Waals surface area contributed by atoms with Crippen LogP contribution in [-0.2, 0) is 4.79 Å². The highest BCUT2D eigenvalue weighted by molar-refractivity contribution is 7.17. The highest BCUT2D eigenvalue weighted by Crippen LogP contribution is 2.46. The molecule has 1 saturated heterocycles. The predicted octanol–water partition coefficient (Wildman–Crippen LogP) is 5.61. The average molecular weight is 584 g/mol. The van der Waals surface area contributed by atoms with Crippen LogP contribution in [0.15, 0.2) is 47.9 Å². The molecule has 8 rings (SSSR count). The lowest BCUT2D eigenvalue weighted by atomic mass is 9.68. The van der Waals surface area contributed by atoms with Crippen LogP contribution in [0, 0.1) is 29.6 Å². The molecule has 4 bridgehead atoms. The van der Waals surface area contributed by atoms with Crippen LogP contribution >= 0.6 is 11.3 Å². The highest BCUT2D eigenvalue weighted by atomic mass is 32.1. The molecular formula is C33H41N7OS. The third-order valence-corrected chi connectivity index (χ3v) is 11.8. The summed E-state index contributed by atoms with van der Waals surface area (Å²) in [7, 11) is 0. The summed E-state index contributed by atoms with van der Waals surface area (Å²) in [4.78, 5) is 27.3. The number of nitrogens with zero attached hydrogens (tertiary/aromatic N) is 4. The third-order valence-electron chi connectivity index (χ3n) is 10.9. The molecule has 3 heterocycles. The first-order chi connectivity index (χ1) is 20.6. The van der Waals surface area contributed by atoms with Gasteiger partial charge < -0.3 is 21.3 Å². The number of thiophene rings is 1.